The van der Waals surface area contributed by atoms with E-state index >= 15 is 0 Å². The van der Waals surface area contributed by atoms with Crippen molar-refractivity contribution in [1.82, 2.24) is 10.2 Å². The molecule has 1 amide bonds. The second-order valence-electron chi connectivity index (χ2n) is 8.03. The van der Waals surface area contributed by atoms with Gasteiger partial charge < -0.3 is 19.5 Å². The Morgan fingerprint density at radius 3 is 2.82 bits per heavy atom. The molecule has 2 heterocycles. The molecule has 0 saturated carbocycles. The molecule has 2 aliphatic heterocycles. The Labute approximate surface area is 167 Å². The quantitative estimate of drug-likeness (QED) is 0.728. The van der Waals surface area contributed by atoms with Crippen molar-refractivity contribution in [3.05, 3.63) is 29.3 Å². The smallest absolute Gasteiger partial charge is 0.244 e. The number of hydrogen-bond acceptors (Lipinski definition) is 5. The molecule has 0 spiro atoms. The number of morpholine rings is 1. The van der Waals surface area contributed by atoms with Crippen LogP contribution in [0.4, 0.5) is 0 Å². The van der Waals surface area contributed by atoms with Gasteiger partial charge in [-0.2, -0.15) is 0 Å². The van der Waals surface area contributed by atoms with Gasteiger partial charge in [0.15, 0.2) is 0 Å². The highest BCUT2D eigenvalue weighted by atomic mass is 16.5. The van der Waals surface area contributed by atoms with E-state index in [-0.39, 0.29) is 17.6 Å². The Morgan fingerprint density at radius 2 is 2.11 bits per heavy atom. The van der Waals surface area contributed by atoms with Crippen molar-refractivity contribution in [1.29, 1.82) is 0 Å². The molecule has 0 aromatic heterocycles. The topological polar surface area (TPSA) is 60.0 Å². The molecule has 1 unspecified atom stereocenters. The van der Waals surface area contributed by atoms with Gasteiger partial charge in [0, 0.05) is 48.8 Å². The first-order valence-electron chi connectivity index (χ1n) is 10.1. The number of ether oxygens (including phenoxy) is 3. The molecule has 0 bridgehead atoms. The summed E-state index contributed by atoms with van der Waals surface area (Å²) in [6, 6.07) is 3.99. The lowest BCUT2D eigenvalue weighted by atomic mass is 10.0. The van der Waals surface area contributed by atoms with E-state index < -0.39 is 0 Å². The molecule has 1 aromatic rings. The first-order chi connectivity index (χ1) is 13.4. The van der Waals surface area contributed by atoms with Crippen LogP contribution in [0.3, 0.4) is 0 Å². The standard InChI is InChI=1S/C22H32N2O4/c1-5-27-19-14-18-12-16(2)28-20(18)13-17(19)6-7-21(25)23-15-22(3,4)24-8-10-26-11-9-24/h6-7,13-14,16H,5,8-12,15H2,1-4H3,(H,23,25). The molecule has 1 aromatic carbocycles. The lowest BCUT2D eigenvalue weighted by Gasteiger charge is -2.40. The van der Waals surface area contributed by atoms with Crippen molar-refractivity contribution < 1.29 is 19.0 Å². The highest BCUT2D eigenvalue weighted by Crippen LogP contribution is 2.35. The first-order valence-corrected chi connectivity index (χ1v) is 10.1. The summed E-state index contributed by atoms with van der Waals surface area (Å²) >= 11 is 0. The Bertz CT molecular complexity index is 723. The van der Waals surface area contributed by atoms with Crippen LogP contribution in [0.25, 0.3) is 6.08 Å². The zero-order valence-electron chi connectivity index (χ0n) is 17.4. The highest BCUT2D eigenvalue weighted by molar-refractivity contribution is 5.92. The zero-order valence-corrected chi connectivity index (χ0v) is 17.4. The molecule has 1 atom stereocenters. The predicted molar refractivity (Wildman–Crippen MR) is 110 cm³/mol. The number of hydrogen-bond donors (Lipinski definition) is 1. The molecule has 2 aliphatic rings. The third-order valence-electron chi connectivity index (χ3n) is 5.30. The molecular weight excluding hydrogens is 356 g/mol. The summed E-state index contributed by atoms with van der Waals surface area (Å²) in [6.45, 7) is 12.7. The van der Waals surface area contributed by atoms with Crippen LogP contribution in [0, 0.1) is 0 Å². The summed E-state index contributed by atoms with van der Waals surface area (Å²) in [5.74, 6) is 1.56. The maximum absolute atomic E-state index is 12.4. The fourth-order valence-electron chi connectivity index (χ4n) is 3.67. The monoisotopic (exact) mass is 388 g/mol. The molecule has 6 nitrogen and oxygen atoms in total. The average Bonchev–Trinajstić information content (AvgIpc) is 3.04. The van der Waals surface area contributed by atoms with Gasteiger partial charge in [-0.05, 0) is 45.9 Å². The van der Waals surface area contributed by atoms with E-state index in [4.69, 9.17) is 14.2 Å². The second-order valence-corrected chi connectivity index (χ2v) is 8.03. The molecule has 28 heavy (non-hydrogen) atoms. The SMILES string of the molecule is CCOc1cc2c(cc1C=CC(=O)NCC(C)(C)N1CCOCC1)OC(C)C2. The lowest BCUT2D eigenvalue weighted by Crippen LogP contribution is -2.55. The zero-order chi connectivity index (χ0) is 20.1. The number of rotatable bonds is 7. The highest BCUT2D eigenvalue weighted by Gasteiger charge is 2.28. The third kappa shape index (κ3) is 5.06. The van der Waals surface area contributed by atoms with E-state index in [1.807, 2.05) is 19.1 Å². The van der Waals surface area contributed by atoms with Crippen LogP contribution in [0.1, 0.15) is 38.8 Å². The van der Waals surface area contributed by atoms with Gasteiger partial charge in [0.2, 0.25) is 5.91 Å². The van der Waals surface area contributed by atoms with E-state index in [0.29, 0.717) is 13.2 Å². The third-order valence-corrected chi connectivity index (χ3v) is 5.30. The van der Waals surface area contributed by atoms with Gasteiger partial charge >= 0.3 is 0 Å². The number of carbonyl (C=O) groups is 1. The van der Waals surface area contributed by atoms with Crippen LogP contribution < -0.4 is 14.8 Å². The summed E-state index contributed by atoms with van der Waals surface area (Å²) in [7, 11) is 0. The van der Waals surface area contributed by atoms with Gasteiger partial charge in [0.05, 0.1) is 19.8 Å². The van der Waals surface area contributed by atoms with Gasteiger partial charge in [-0.15, -0.1) is 0 Å². The van der Waals surface area contributed by atoms with E-state index in [2.05, 4.69) is 31.0 Å². The maximum atomic E-state index is 12.4. The van der Waals surface area contributed by atoms with Crippen molar-refractivity contribution in [2.24, 2.45) is 0 Å². The van der Waals surface area contributed by atoms with Gasteiger partial charge in [0.1, 0.15) is 17.6 Å². The molecule has 3 rings (SSSR count). The number of fused-ring (bicyclic) bond motifs is 1. The summed E-state index contributed by atoms with van der Waals surface area (Å²) in [5.41, 5.74) is 1.91. The number of benzene rings is 1. The van der Waals surface area contributed by atoms with Crippen LogP contribution in [-0.4, -0.2) is 61.9 Å². The summed E-state index contributed by atoms with van der Waals surface area (Å²) in [4.78, 5) is 14.7. The number of carbonyl (C=O) groups excluding carboxylic acids is 1. The second kappa shape index (κ2) is 8.97. The number of nitrogens with zero attached hydrogens (tertiary/aromatic N) is 1. The molecule has 1 N–H and O–H groups in total. The summed E-state index contributed by atoms with van der Waals surface area (Å²) < 4.78 is 17.0. The molecule has 1 fully saturated rings. The lowest BCUT2D eigenvalue weighted by molar-refractivity contribution is -0.117. The van der Waals surface area contributed by atoms with Crippen molar-refractivity contribution in [3.63, 3.8) is 0 Å². The van der Waals surface area contributed by atoms with E-state index in [1.54, 1.807) is 12.2 Å². The molecule has 154 valence electrons. The minimum Gasteiger partial charge on any atom is -0.493 e. The Hall–Kier alpha value is -2.05. The van der Waals surface area contributed by atoms with Gasteiger partial charge in [-0.1, -0.05) is 0 Å². The predicted octanol–water partition coefficient (Wildman–Crippen LogP) is 2.65. The van der Waals surface area contributed by atoms with Crippen molar-refractivity contribution >= 4 is 12.0 Å². The Balaban J connectivity index is 1.63. The minimum atomic E-state index is -0.112. The van der Waals surface area contributed by atoms with E-state index in [1.165, 1.54) is 0 Å². The minimum absolute atomic E-state index is 0.110. The molecular formula is C22H32N2O4. The van der Waals surface area contributed by atoms with Gasteiger partial charge in [-0.25, -0.2) is 0 Å². The van der Waals surface area contributed by atoms with Crippen LogP contribution in [0.15, 0.2) is 18.2 Å². The number of amides is 1. The average molecular weight is 389 g/mol. The van der Waals surface area contributed by atoms with Crippen molar-refractivity contribution in [3.8, 4) is 11.5 Å². The summed E-state index contributed by atoms with van der Waals surface area (Å²) in [6.07, 6.45) is 4.43. The Kier molecular flexibility index (Phi) is 6.62. The molecule has 0 aliphatic carbocycles. The molecule has 6 heteroatoms. The molecule has 0 radical (unpaired) electrons. The van der Waals surface area contributed by atoms with Crippen LogP contribution in [0.2, 0.25) is 0 Å². The maximum Gasteiger partial charge on any atom is 0.244 e. The van der Waals surface area contributed by atoms with Crippen LogP contribution in [0.5, 0.6) is 11.5 Å². The molecule has 1 saturated heterocycles. The fraction of sp³-hybridized carbons (Fsp3) is 0.591. The summed E-state index contributed by atoms with van der Waals surface area (Å²) in [5, 5.41) is 3.02. The van der Waals surface area contributed by atoms with E-state index in [0.717, 1.165) is 55.4 Å². The first kappa shape index (κ1) is 20.7. The van der Waals surface area contributed by atoms with Crippen molar-refractivity contribution in [2.75, 3.05) is 39.5 Å². The normalized spacial score (nSPS) is 20.1. The Morgan fingerprint density at radius 1 is 1.36 bits per heavy atom. The largest absolute Gasteiger partial charge is 0.493 e. The van der Waals surface area contributed by atoms with Gasteiger partial charge in [0.25, 0.3) is 0 Å². The van der Waals surface area contributed by atoms with E-state index in [9.17, 15) is 4.79 Å². The number of nitrogens with one attached hydrogen (secondary N) is 1. The van der Waals surface area contributed by atoms with Crippen LogP contribution in [-0.2, 0) is 16.0 Å². The van der Waals surface area contributed by atoms with Crippen molar-refractivity contribution in [2.45, 2.75) is 45.8 Å². The van der Waals surface area contributed by atoms with Gasteiger partial charge in [-0.3, -0.25) is 9.69 Å². The fourth-order valence-corrected chi connectivity index (χ4v) is 3.67. The van der Waals surface area contributed by atoms with Crippen LogP contribution >= 0.6 is 0 Å².